The Kier molecular flexibility index (Phi) is 5.01. The van der Waals surface area contributed by atoms with E-state index in [1.165, 1.54) is 26.2 Å². The molecule has 0 bridgehead atoms. The largest absolute Gasteiger partial charge is 0.398 e. The fraction of sp³-hybridized carbons (Fsp3) is 0.500. The van der Waals surface area contributed by atoms with E-state index in [4.69, 9.17) is 5.73 Å². The summed E-state index contributed by atoms with van der Waals surface area (Å²) in [5.74, 6) is 0.0164. The highest BCUT2D eigenvalue weighted by atomic mass is 16.1. The smallest absolute Gasteiger partial charge is 0.161 e. The van der Waals surface area contributed by atoms with Gasteiger partial charge in [0.25, 0.3) is 0 Å². The summed E-state index contributed by atoms with van der Waals surface area (Å²) in [6.45, 7) is 4.75. The molecule has 0 unspecified atom stereocenters. The monoisotopic (exact) mass is 234 g/mol. The molecule has 1 aromatic carbocycles. The molecule has 1 aromatic rings. The van der Waals surface area contributed by atoms with Crippen molar-refractivity contribution in [1.82, 2.24) is 0 Å². The minimum atomic E-state index is 0.0164. The summed E-state index contributed by atoms with van der Waals surface area (Å²) >= 11 is 0. The molecule has 0 amide bonds. The predicted molar refractivity (Wildman–Crippen MR) is 73.7 cm³/mol. The zero-order valence-corrected chi connectivity index (χ0v) is 11.0. The minimum Gasteiger partial charge on any atom is -0.398 e. The molecule has 17 heavy (non-hydrogen) atoms. The average Bonchev–Trinajstić information content (AvgIpc) is 2.28. The van der Waals surface area contributed by atoms with E-state index in [0.717, 1.165) is 12.2 Å². The van der Waals surface area contributed by atoms with Crippen molar-refractivity contribution in [1.29, 1.82) is 0 Å². The van der Waals surface area contributed by atoms with Crippen LogP contribution in [0.15, 0.2) is 18.2 Å². The van der Waals surface area contributed by atoms with Crippen molar-refractivity contribution in [2.75, 3.05) is 24.2 Å². The summed E-state index contributed by atoms with van der Waals surface area (Å²) in [5, 5.41) is 0. The first-order chi connectivity index (χ1) is 8.06. The molecule has 2 N–H and O–H groups in total. The lowest BCUT2D eigenvalue weighted by molar-refractivity contribution is 0.101. The molecule has 94 valence electrons. The second kappa shape index (κ2) is 6.28. The maximum atomic E-state index is 11.3. The minimum absolute atomic E-state index is 0.0164. The number of unbranched alkanes of at least 4 members (excludes halogenated alkanes) is 2. The van der Waals surface area contributed by atoms with Crippen molar-refractivity contribution >= 4 is 17.2 Å². The van der Waals surface area contributed by atoms with Gasteiger partial charge in [-0.2, -0.15) is 0 Å². The third-order valence-electron chi connectivity index (χ3n) is 2.95. The van der Waals surface area contributed by atoms with E-state index in [2.05, 4.69) is 18.9 Å². The van der Waals surface area contributed by atoms with E-state index in [1.807, 2.05) is 18.2 Å². The molecule has 0 saturated carbocycles. The molecular weight excluding hydrogens is 212 g/mol. The maximum absolute atomic E-state index is 11.3. The SMILES string of the molecule is CCCCCN(C)c1ccc(C(C)=O)c(N)c1. The maximum Gasteiger partial charge on any atom is 0.161 e. The Bertz CT molecular complexity index is 388. The van der Waals surface area contributed by atoms with E-state index in [9.17, 15) is 4.79 Å². The Morgan fingerprint density at radius 3 is 2.59 bits per heavy atom. The second-order valence-electron chi connectivity index (χ2n) is 4.46. The van der Waals surface area contributed by atoms with Gasteiger partial charge in [0.1, 0.15) is 0 Å². The summed E-state index contributed by atoms with van der Waals surface area (Å²) in [7, 11) is 2.05. The first kappa shape index (κ1) is 13.6. The highest BCUT2D eigenvalue weighted by Crippen LogP contribution is 2.21. The van der Waals surface area contributed by atoms with E-state index >= 15 is 0 Å². The van der Waals surface area contributed by atoms with Crippen molar-refractivity contribution < 1.29 is 4.79 Å². The first-order valence-electron chi connectivity index (χ1n) is 6.17. The molecule has 0 aromatic heterocycles. The molecule has 0 fully saturated rings. The second-order valence-corrected chi connectivity index (χ2v) is 4.46. The van der Waals surface area contributed by atoms with E-state index in [0.29, 0.717) is 11.3 Å². The highest BCUT2D eigenvalue weighted by molar-refractivity contribution is 5.99. The summed E-state index contributed by atoms with van der Waals surface area (Å²) in [6, 6.07) is 5.64. The lowest BCUT2D eigenvalue weighted by Crippen LogP contribution is -2.18. The van der Waals surface area contributed by atoms with Crippen LogP contribution in [-0.4, -0.2) is 19.4 Å². The summed E-state index contributed by atoms with van der Waals surface area (Å²) in [5.41, 5.74) is 8.11. The summed E-state index contributed by atoms with van der Waals surface area (Å²) in [4.78, 5) is 13.4. The summed E-state index contributed by atoms with van der Waals surface area (Å²) < 4.78 is 0. The van der Waals surface area contributed by atoms with Gasteiger partial charge in [0.05, 0.1) is 0 Å². The van der Waals surface area contributed by atoms with Gasteiger partial charge in [0.15, 0.2) is 5.78 Å². The van der Waals surface area contributed by atoms with Gasteiger partial charge < -0.3 is 10.6 Å². The molecular formula is C14H22N2O. The third kappa shape index (κ3) is 3.77. The van der Waals surface area contributed by atoms with Crippen LogP contribution in [0.1, 0.15) is 43.5 Å². The van der Waals surface area contributed by atoms with Crippen LogP contribution >= 0.6 is 0 Å². The number of hydrogen-bond acceptors (Lipinski definition) is 3. The number of ketones is 1. The van der Waals surface area contributed by atoms with Gasteiger partial charge in [-0.3, -0.25) is 4.79 Å². The molecule has 0 radical (unpaired) electrons. The standard InChI is InChI=1S/C14H22N2O/c1-4-5-6-9-16(3)12-7-8-13(11(2)17)14(15)10-12/h7-8,10H,4-6,9,15H2,1-3H3. The van der Waals surface area contributed by atoms with Gasteiger partial charge >= 0.3 is 0 Å². The van der Waals surface area contributed by atoms with Gasteiger partial charge in [-0.25, -0.2) is 0 Å². The fourth-order valence-electron chi connectivity index (χ4n) is 1.84. The molecule has 3 nitrogen and oxygen atoms in total. The van der Waals surface area contributed by atoms with Gasteiger partial charge in [-0.05, 0) is 31.5 Å². The van der Waals surface area contributed by atoms with Crippen LogP contribution in [-0.2, 0) is 0 Å². The first-order valence-corrected chi connectivity index (χ1v) is 6.17. The van der Waals surface area contributed by atoms with Gasteiger partial charge in [0, 0.05) is 30.5 Å². The molecule has 0 spiro atoms. The summed E-state index contributed by atoms with van der Waals surface area (Å²) in [6.07, 6.45) is 3.64. The number of hydrogen-bond donors (Lipinski definition) is 1. The van der Waals surface area contributed by atoms with Crippen molar-refractivity contribution in [2.45, 2.75) is 33.1 Å². The zero-order chi connectivity index (χ0) is 12.8. The lowest BCUT2D eigenvalue weighted by atomic mass is 10.1. The normalized spacial score (nSPS) is 10.3. The number of rotatable bonds is 6. The molecule has 0 aliphatic carbocycles. The van der Waals surface area contributed by atoms with Gasteiger partial charge in [0.2, 0.25) is 0 Å². The Labute approximate surface area is 104 Å². The number of carbonyl (C=O) groups excluding carboxylic acids is 1. The third-order valence-corrected chi connectivity index (χ3v) is 2.95. The highest BCUT2D eigenvalue weighted by Gasteiger charge is 2.07. The Hall–Kier alpha value is -1.51. The number of nitrogens with zero attached hydrogens (tertiary/aromatic N) is 1. The average molecular weight is 234 g/mol. The fourth-order valence-corrected chi connectivity index (χ4v) is 1.84. The van der Waals surface area contributed by atoms with Crippen LogP contribution in [0.25, 0.3) is 0 Å². The van der Waals surface area contributed by atoms with Gasteiger partial charge in [-0.15, -0.1) is 0 Å². The number of benzene rings is 1. The van der Waals surface area contributed by atoms with Gasteiger partial charge in [-0.1, -0.05) is 19.8 Å². The van der Waals surface area contributed by atoms with Crippen molar-refractivity contribution in [3.63, 3.8) is 0 Å². The Balaban J connectivity index is 2.72. The quantitative estimate of drug-likeness (QED) is 0.467. The van der Waals surface area contributed by atoms with Crippen LogP contribution in [0, 0.1) is 0 Å². The molecule has 0 saturated heterocycles. The lowest BCUT2D eigenvalue weighted by Gasteiger charge is -2.20. The number of nitrogens with two attached hydrogens (primary N) is 1. The van der Waals surface area contributed by atoms with E-state index in [1.54, 1.807) is 0 Å². The number of anilines is 2. The molecule has 0 aliphatic heterocycles. The molecule has 0 aliphatic rings. The predicted octanol–water partition coefficient (Wildman–Crippen LogP) is 3.10. The van der Waals surface area contributed by atoms with Crippen LogP contribution in [0.3, 0.4) is 0 Å². The molecule has 0 atom stereocenters. The Morgan fingerprint density at radius 1 is 1.35 bits per heavy atom. The van der Waals surface area contributed by atoms with Crippen LogP contribution in [0.2, 0.25) is 0 Å². The van der Waals surface area contributed by atoms with Crippen molar-refractivity contribution in [3.8, 4) is 0 Å². The number of Topliss-reactive ketones (excluding diaryl/α,β-unsaturated/α-hetero) is 1. The van der Waals surface area contributed by atoms with Crippen molar-refractivity contribution in [3.05, 3.63) is 23.8 Å². The van der Waals surface area contributed by atoms with Crippen LogP contribution in [0.4, 0.5) is 11.4 Å². The Morgan fingerprint density at radius 2 is 2.06 bits per heavy atom. The topological polar surface area (TPSA) is 46.3 Å². The number of carbonyl (C=O) groups is 1. The van der Waals surface area contributed by atoms with E-state index in [-0.39, 0.29) is 5.78 Å². The number of nitrogen functional groups attached to an aromatic ring is 1. The molecule has 0 heterocycles. The van der Waals surface area contributed by atoms with E-state index < -0.39 is 0 Å². The molecule has 3 heteroatoms. The molecule has 1 rings (SSSR count). The van der Waals surface area contributed by atoms with Crippen molar-refractivity contribution in [2.24, 2.45) is 0 Å². The van der Waals surface area contributed by atoms with Crippen LogP contribution < -0.4 is 10.6 Å². The van der Waals surface area contributed by atoms with Crippen LogP contribution in [0.5, 0.6) is 0 Å². The zero-order valence-electron chi connectivity index (χ0n) is 11.0.